The second-order valence-corrected chi connectivity index (χ2v) is 11.9. The van der Waals surface area contributed by atoms with Crippen LogP contribution in [0.3, 0.4) is 0 Å². The zero-order valence-corrected chi connectivity index (χ0v) is 25.3. The first-order chi connectivity index (χ1) is 20.9. The van der Waals surface area contributed by atoms with Crippen LogP contribution in [0.5, 0.6) is 0 Å². The van der Waals surface area contributed by atoms with E-state index in [4.69, 9.17) is 5.10 Å². The fourth-order valence-electron chi connectivity index (χ4n) is 5.46. The second kappa shape index (κ2) is 12.3. The molecule has 8 heteroatoms. The second-order valence-electron chi connectivity index (χ2n) is 10.8. The van der Waals surface area contributed by atoms with E-state index in [-0.39, 0.29) is 29.4 Å². The van der Waals surface area contributed by atoms with Crippen molar-refractivity contribution in [2.75, 3.05) is 17.2 Å². The molecule has 1 N–H and O–H groups in total. The van der Waals surface area contributed by atoms with Crippen LogP contribution in [-0.2, 0) is 16.1 Å². The predicted octanol–water partition coefficient (Wildman–Crippen LogP) is 6.35. The molecule has 0 fully saturated rings. The van der Waals surface area contributed by atoms with Gasteiger partial charge in [0, 0.05) is 30.1 Å². The van der Waals surface area contributed by atoms with Crippen molar-refractivity contribution < 1.29 is 9.59 Å². The van der Waals surface area contributed by atoms with Gasteiger partial charge in [0.05, 0.1) is 22.4 Å². The number of pyridine rings is 1. The molecule has 2 amide bonds. The first-order valence-corrected chi connectivity index (χ1v) is 15.3. The maximum atomic E-state index is 14.0. The van der Waals surface area contributed by atoms with Crippen LogP contribution in [0.4, 0.5) is 5.82 Å². The zero-order valence-electron chi connectivity index (χ0n) is 24.4. The lowest BCUT2D eigenvalue weighted by molar-refractivity contribution is -0.123. The summed E-state index contributed by atoms with van der Waals surface area (Å²) in [5, 5.41) is 8.05. The number of hydrogen-bond acceptors (Lipinski definition) is 5. The molecule has 5 aromatic rings. The summed E-state index contributed by atoms with van der Waals surface area (Å²) in [4.78, 5) is 33.1. The molecule has 0 bridgehead atoms. The fourth-order valence-corrected chi connectivity index (χ4v) is 6.65. The number of fused-ring (bicyclic) bond motifs is 1. The van der Waals surface area contributed by atoms with Crippen LogP contribution < -0.4 is 10.2 Å². The third-order valence-corrected chi connectivity index (χ3v) is 9.08. The number of nitrogens with one attached hydrogen (secondary N) is 1. The summed E-state index contributed by atoms with van der Waals surface area (Å²) < 4.78 is 1.88. The van der Waals surface area contributed by atoms with E-state index in [2.05, 4.69) is 61.4 Å². The molecular weight excluding hydrogens is 554 g/mol. The highest BCUT2D eigenvalue weighted by Gasteiger charge is 2.38. The van der Waals surface area contributed by atoms with Crippen LogP contribution in [0.25, 0.3) is 16.9 Å². The van der Waals surface area contributed by atoms with Gasteiger partial charge in [0.1, 0.15) is 12.4 Å². The molecule has 0 saturated carbocycles. The number of anilines is 1. The first kappa shape index (κ1) is 28.4. The lowest BCUT2D eigenvalue weighted by Crippen LogP contribution is -2.42. The summed E-state index contributed by atoms with van der Waals surface area (Å²) in [6.45, 7) is 6.44. The number of carbonyl (C=O) groups excluding carboxylic acids is 2. The molecule has 3 aromatic carbocycles. The van der Waals surface area contributed by atoms with Gasteiger partial charge in [-0.25, -0.2) is 4.68 Å². The normalized spacial score (nSPS) is 14.7. The number of benzene rings is 3. The van der Waals surface area contributed by atoms with Crippen molar-refractivity contribution in [2.24, 2.45) is 0 Å². The van der Waals surface area contributed by atoms with Crippen LogP contribution in [0.2, 0.25) is 0 Å². The molecule has 2 aromatic heterocycles. The zero-order chi connectivity index (χ0) is 29.9. The summed E-state index contributed by atoms with van der Waals surface area (Å²) in [5.74, 6) is 0.483. The number of amides is 2. The predicted molar refractivity (Wildman–Crippen MR) is 172 cm³/mol. The molecule has 6 rings (SSSR count). The van der Waals surface area contributed by atoms with Gasteiger partial charge in [-0.3, -0.25) is 19.5 Å². The van der Waals surface area contributed by atoms with E-state index in [0.717, 1.165) is 50.3 Å². The molecule has 0 aliphatic carbocycles. The molecule has 1 aliphatic heterocycles. The lowest BCUT2D eigenvalue weighted by atomic mass is 9.98. The Morgan fingerprint density at radius 2 is 1.72 bits per heavy atom. The van der Waals surface area contributed by atoms with E-state index in [1.807, 2.05) is 59.3 Å². The van der Waals surface area contributed by atoms with Crippen molar-refractivity contribution in [3.63, 3.8) is 0 Å². The number of nitrogens with zero attached hydrogens (tertiary/aromatic N) is 4. The van der Waals surface area contributed by atoms with Gasteiger partial charge in [0.2, 0.25) is 11.8 Å². The molecule has 43 heavy (non-hydrogen) atoms. The Hall–Kier alpha value is -4.69. The molecule has 0 spiro atoms. The largest absolute Gasteiger partial charge is 0.350 e. The Kier molecular flexibility index (Phi) is 8.11. The van der Waals surface area contributed by atoms with E-state index in [1.54, 1.807) is 29.1 Å². The lowest BCUT2D eigenvalue weighted by Gasteiger charge is -2.24. The minimum atomic E-state index is -0.245. The van der Waals surface area contributed by atoms with Gasteiger partial charge in [0.25, 0.3) is 0 Å². The van der Waals surface area contributed by atoms with E-state index >= 15 is 0 Å². The Balaban J connectivity index is 1.55. The van der Waals surface area contributed by atoms with Crippen LogP contribution >= 0.6 is 11.8 Å². The number of rotatable bonds is 7. The summed E-state index contributed by atoms with van der Waals surface area (Å²) in [7, 11) is 0. The van der Waals surface area contributed by atoms with Crippen molar-refractivity contribution in [1.29, 1.82) is 0 Å². The first-order valence-electron chi connectivity index (χ1n) is 14.3. The maximum Gasteiger partial charge on any atom is 0.240 e. The van der Waals surface area contributed by atoms with Gasteiger partial charge in [-0.05, 0) is 61.2 Å². The van der Waals surface area contributed by atoms with Crippen molar-refractivity contribution in [1.82, 2.24) is 20.1 Å². The van der Waals surface area contributed by atoms with E-state index in [9.17, 15) is 9.59 Å². The Morgan fingerprint density at radius 3 is 2.49 bits per heavy atom. The topological polar surface area (TPSA) is 80.1 Å². The highest BCUT2D eigenvalue weighted by Crippen LogP contribution is 2.48. The number of aromatic nitrogens is 3. The van der Waals surface area contributed by atoms with E-state index in [0.29, 0.717) is 12.4 Å². The van der Waals surface area contributed by atoms with Gasteiger partial charge in [0.15, 0.2) is 0 Å². The standard InChI is InChI=1S/C35H33N5O2S/c1-23-9-7-13-28(19-23)34-32-33(27-11-5-4-6-12-27)38-40(29-14-8-10-24(2)25(29)3)35(32)39(31(42)22-43-34)21-30(41)37-20-26-15-17-36-18-16-26/h4-19,34H,20-22H2,1-3H3,(H,37,41). The number of thioether (sulfide) groups is 1. The van der Waals surface area contributed by atoms with Crippen LogP contribution in [0.15, 0.2) is 97.3 Å². The average Bonchev–Trinajstić information content (AvgIpc) is 3.34. The van der Waals surface area contributed by atoms with Gasteiger partial charge in [-0.15, -0.1) is 11.8 Å². The highest BCUT2D eigenvalue weighted by molar-refractivity contribution is 8.00. The van der Waals surface area contributed by atoms with Gasteiger partial charge >= 0.3 is 0 Å². The summed E-state index contributed by atoms with van der Waals surface area (Å²) in [6.07, 6.45) is 3.39. The van der Waals surface area contributed by atoms with Gasteiger partial charge < -0.3 is 5.32 Å². The van der Waals surface area contributed by atoms with Crippen LogP contribution in [0.1, 0.15) is 38.6 Å². The van der Waals surface area contributed by atoms with Crippen molar-refractivity contribution in [2.45, 2.75) is 32.6 Å². The molecule has 0 radical (unpaired) electrons. The van der Waals surface area contributed by atoms with Crippen molar-refractivity contribution in [3.8, 4) is 16.9 Å². The number of carbonyl (C=O) groups is 2. The fraction of sp³-hybridized carbons (Fsp3) is 0.200. The van der Waals surface area contributed by atoms with Crippen molar-refractivity contribution in [3.05, 3.63) is 131 Å². The molecule has 7 nitrogen and oxygen atoms in total. The smallest absolute Gasteiger partial charge is 0.240 e. The quantitative estimate of drug-likeness (QED) is 0.240. The average molecular weight is 588 g/mol. The molecule has 216 valence electrons. The summed E-state index contributed by atoms with van der Waals surface area (Å²) >= 11 is 1.58. The molecule has 3 heterocycles. The number of aryl methyl sites for hydroxylation is 2. The van der Waals surface area contributed by atoms with Crippen LogP contribution in [-0.4, -0.2) is 38.9 Å². The van der Waals surface area contributed by atoms with Gasteiger partial charge in [-0.1, -0.05) is 72.3 Å². The third kappa shape index (κ3) is 5.83. The minimum absolute atomic E-state index is 0.122. The molecule has 1 unspecified atom stereocenters. The Bertz CT molecular complexity index is 1790. The highest BCUT2D eigenvalue weighted by atomic mass is 32.2. The van der Waals surface area contributed by atoms with E-state index < -0.39 is 0 Å². The van der Waals surface area contributed by atoms with E-state index in [1.165, 1.54) is 0 Å². The SMILES string of the molecule is Cc1cccc(C2SCC(=O)N(CC(=O)NCc3ccncc3)c3c2c(-c2ccccc2)nn3-c2cccc(C)c2C)c1. The third-order valence-electron chi connectivity index (χ3n) is 7.83. The minimum Gasteiger partial charge on any atom is -0.350 e. The summed E-state index contributed by atoms with van der Waals surface area (Å²) in [5.41, 5.74) is 8.92. The maximum absolute atomic E-state index is 14.0. The Morgan fingerprint density at radius 1 is 0.953 bits per heavy atom. The molecule has 1 atom stereocenters. The molecular formula is C35H33N5O2S. The summed E-state index contributed by atoms with van der Waals surface area (Å²) in [6, 6.07) is 28.3. The van der Waals surface area contributed by atoms with Crippen molar-refractivity contribution >= 4 is 29.4 Å². The van der Waals surface area contributed by atoms with Crippen LogP contribution in [0, 0.1) is 20.8 Å². The monoisotopic (exact) mass is 587 g/mol. The molecule has 1 aliphatic rings. The Labute approximate surface area is 256 Å². The number of hydrogen-bond donors (Lipinski definition) is 1. The molecule has 0 saturated heterocycles. The van der Waals surface area contributed by atoms with Gasteiger partial charge in [-0.2, -0.15) is 5.10 Å².